The molecule has 132 valence electrons. The summed E-state index contributed by atoms with van der Waals surface area (Å²) in [5.41, 5.74) is 1.03. The van der Waals surface area contributed by atoms with Gasteiger partial charge in [0.15, 0.2) is 11.5 Å². The van der Waals surface area contributed by atoms with Crippen molar-refractivity contribution in [3.05, 3.63) is 23.8 Å². The maximum atomic E-state index is 12.3. The largest absolute Gasteiger partial charge is 0.493 e. The van der Waals surface area contributed by atoms with E-state index in [2.05, 4.69) is 22.0 Å². The normalized spacial score (nSPS) is 18.4. The molecule has 1 aliphatic heterocycles. The van der Waals surface area contributed by atoms with Gasteiger partial charge in [-0.15, -0.1) is 12.4 Å². The summed E-state index contributed by atoms with van der Waals surface area (Å²) in [7, 11) is 3.56. The molecule has 0 aliphatic carbocycles. The fourth-order valence-electron chi connectivity index (χ4n) is 2.86. The fourth-order valence-corrected chi connectivity index (χ4v) is 2.86. The van der Waals surface area contributed by atoms with Gasteiger partial charge in [-0.2, -0.15) is 8.78 Å². The van der Waals surface area contributed by atoms with Gasteiger partial charge in [-0.05, 0) is 57.1 Å². The second-order valence-corrected chi connectivity index (χ2v) is 5.61. The van der Waals surface area contributed by atoms with E-state index in [0.717, 1.165) is 31.6 Å². The Hall–Kier alpha value is -1.11. The van der Waals surface area contributed by atoms with Gasteiger partial charge in [0.1, 0.15) is 0 Å². The van der Waals surface area contributed by atoms with Crippen molar-refractivity contribution in [2.45, 2.75) is 38.5 Å². The fraction of sp³-hybridized carbons (Fsp3) is 0.625. The van der Waals surface area contributed by atoms with E-state index in [0.29, 0.717) is 11.8 Å². The first-order valence-electron chi connectivity index (χ1n) is 7.63. The third-order valence-corrected chi connectivity index (χ3v) is 4.04. The summed E-state index contributed by atoms with van der Waals surface area (Å²) in [6.45, 7) is 0.0359. The Labute approximate surface area is 142 Å². The molecule has 0 aromatic heterocycles. The number of halogens is 3. The van der Waals surface area contributed by atoms with Gasteiger partial charge >= 0.3 is 6.61 Å². The Morgan fingerprint density at radius 3 is 2.74 bits per heavy atom. The topological polar surface area (TPSA) is 33.7 Å². The van der Waals surface area contributed by atoms with Gasteiger partial charge in [0.25, 0.3) is 0 Å². The Balaban J connectivity index is 0.00000264. The minimum absolute atomic E-state index is 0. The molecule has 0 bridgehead atoms. The van der Waals surface area contributed by atoms with E-state index in [1.807, 2.05) is 6.07 Å². The molecule has 1 saturated heterocycles. The van der Waals surface area contributed by atoms with E-state index in [4.69, 9.17) is 4.74 Å². The van der Waals surface area contributed by atoms with E-state index in [1.54, 1.807) is 12.1 Å². The van der Waals surface area contributed by atoms with Gasteiger partial charge in [-0.3, -0.25) is 4.90 Å². The Morgan fingerprint density at radius 1 is 1.26 bits per heavy atom. The van der Waals surface area contributed by atoms with Crippen molar-refractivity contribution in [1.82, 2.24) is 10.2 Å². The summed E-state index contributed by atoms with van der Waals surface area (Å²) in [5.74, 6) is 0.413. The van der Waals surface area contributed by atoms with Crippen molar-refractivity contribution >= 4 is 12.4 Å². The highest BCUT2D eigenvalue weighted by Crippen LogP contribution is 2.30. The SMILES string of the molecule is COc1cc(CN(C)C2CCCNCC2)ccc1OC(F)F.Cl. The quantitative estimate of drug-likeness (QED) is 0.853. The molecule has 1 aromatic carbocycles. The molecule has 2 rings (SSSR count). The zero-order valence-electron chi connectivity index (χ0n) is 13.6. The number of nitrogens with one attached hydrogen (secondary N) is 1. The molecule has 0 radical (unpaired) electrons. The summed E-state index contributed by atoms with van der Waals surface area (Å²) in [6.07, 6.45) is 3.48. The van der Waals surface area contributed by atoms with Crippen molar-refractivity contribution in [2.75, 3.05) is 27.2 Å². The summed E-state index contributed by atoms with van der Waals surface area (Å²) >= 11 is 0. The smallest absolute Gasteiger partial charge is 0.387 e. The van der Waals surface area contributed by atoms with Gasteiger partial charge in [0.05, 0.1) is 7.11 Å². The lowest BCUT2D eigenvalue weighted by Crippen LogP contribution is -2.32. The molecule has 1 N–H and O–H groups in total. The highest BCUT2D eigenvalue weighted by atomic mass is 35.5. The van der Waals surface area contributed by atoms with Gasteiger partial charge in [-0.1, -0.05) is 6.07 Å². The highest BCUT2D eigenvalue weighted by Gasteiger charge is 2.18. The summed E-state index contributed by atoms with van der Waals surface area (Å²) in [4.78, 5) is 2.31. The molecule has 0 saturated carbocycles. The molecule has 1 atom stereocenters. The maximum Gasteiger partial charge on any atom is 0.387 e. The van der Waals surface area contributed by atoms with E-state index >= 15 is 0 Å². The summed E-state index contributed by atoms with van der Waals surface area (Å²) in [5, 5.41) is 3.41. The van der Waals surface area contributed by atoms with Crippen molar-refractivity contribution in [2.24, 2.45) is 0 Å². The summed E-state index contributed by atoms with van der Waals surface area (Å²) in [6, 6.07) is 5.66. The van der Waals surface area contributed by atoms with E-state index in [-0.39, 0.29) is 18.2 Å². The van der Waals surface area contributed by atoms with Crippen LogP contribution in [0.1, 0.15) is 24.8 Å². The van der Waals surface area contributed by atoms with Crippen LogP contribution in [0.25, 0.3) is 0 Å². The first-order valence-corrected chi connectivity index (χ1v) is 7.63. The number of methoxy groups -OCH3 is 1. The van der Waals surface area contributed by atoms with E-state index < -0.39 is 6.61 Å². The average Bonchev–Trinajstić information content (AvgIpc) is 2.77. The van der Waals surface area contributed by atoms with Crippen LogP contribution in [0.2, 0.25) is 0 Å². The van der Waals surface area contributed by atoms with Crippen molar-refractivity contribution in [3.63, 3.8) is 0 Å². The first kappa shape index (κ1) is 19.9. The van der Waals surface area contributed by atoms with Crippen molar-refractivity contribution in [3.8, 4) is 11.5 Å². The lowest BCUT2D eigenvalue weighted by atomic mass is 10.1. The highest BCUT2D eigenvalue weighted by molar-refractivity contribution is 5.85. The predicted octanol–water partition coefficient (Wildman–Crippen LogP) is 3.29. The average molecular weight is 351 g/mol. The third kappa shape index (κ3) is 6.12. The summed E-state index contributed by atoms with van der Waals surface area (Å²) < 4.78 is 34.3. The van der Waals surface area contributed by atoms with Crippen molar-refractivity contribution < 1.29 is 18.3 Å². The lowest BCUT2D eigenvalue weighted by molar-refractivity contribution is -0.0512. The molecule has 23 heavy (non-hydrogen) atoms. The molecule has 0 spiro atoms. The third-order valence-electron chi connectivity index (χ3n) is 4.04. The Kier molecular flexibility index (Phi) is 8.58. The Bertz CT molecular complexity index is 469. The van der Waals surface area contributed by atoms with E-state index in [9.17, 15) is 8.78 Å². The molecular formula is C16H25ClF2N2O2. The van der Waals surface area contributed by atoms with Gasteiger partial charge in [0.2, 0.25) is 0 Å². The van der Waals surface area contributed by atoms with E-state index in [1.165, 1.54) is 20.0 Å². The van der Waals surface area contributed by atoms with Crippen LogP contribution in [0.4, 0.5) is 8.78 Å². The predicted molar refractivity (Wildman–Crippen MR) is 88.8 cm³/mol. The van der Waals surface area contributed by atoms with Crippen LogP contribution >= 0.6 is 12.4 Å². The monoisotopic (exact) mass is 350 g/mol. The number of rotatable bonds is 6. The number of nitrogens with zero attached hydrogens (tertiary/aromatic N) is 1. The number of ether oxygens (including phenoxy) is 2. The van der Waals surface area contributed by atoms with Crippen LogP contribution in [-0.2, 0) is 6.54 Å². The molecule has 1 heterocycles. The molecule has 1 aromatic rings. The van der Waals surface area contributed by atoms with Crippen LogP contribution < -0.4 is 14.8 Å². The molecule has 1 unspecified atom stereocenters. The number of hydrogen-bond donors (Lipinski definition) is 1. The number of benzene rings is 1. The van der Waals surface area contributed by atoms with Crippen LogP contribution in [0.3, 0.4) is 0 Å². The molecular weight excluding hydrogens is 326 g/mol. The second-order valence-electron chi connectivity index (χ2n) is 5.61. The maximum absolute atomic E-state index is 12.3. The molecule has 1 fully saturated rings. The number of hydrogen-bond acceptors (Lipinski definition) is 4. The Morgan fingerprint density at radius 2 is 2.04 bits per heavy atom. The number of alkyl halides is 2. The van der Waals surface area contributed by atoms with Gasteiger partial charge in [0, 0.05) is 12.6 Å². The molecule has 7 heteroatoms. The molecule has 1 aliphatic rings. The van der Waals surface area contributed by atoms with Gasteiger partial charge < -0.3 is 14.8 Å². The standard InChI is InChI=1S/C16H24F2N2O2.ClH/c1-20(13-4-3-8-19-9-7-13)11-12-5-6-14(22-16(17)18)15(10-12)21-2;/h5-6,10,13,16,19H,3-4,7-9,11H2,1-2H3;1H. The van der Waals surface area contributed by atoms with Crippen LogP contribution in [0.15, 0.2) is 18.2 Å². The molecule has 4 nitrogen and oxygen atoms in total. The lowest BCUT2D eigenvalue weighted by Gasteiger charge is -2.27. The van der Waals surface area contributed by atoms with Crippen LogP contribution in [0, 0.1) is 0 Å². The van der Waals surface area contributed by atoms with Crippen LogP contribution in [-0.4, -0.2) is 44.8 Å². The minimum atomic E-state index is -2.85. The first-order chi connectivity index (χ1) is 10.6. The minimum Gasteiger partial charge on any atom is -0.493 e. The van der Waals surface area contributed by atoms with Gasteiger partial charge in [-0.25, -0.2) is 0 Å². The zero-order chi connectivity index (χ0) is 15.9. The van der Waals surface area contributed by atoms with Crippen LogP contribution in [0.5, 0.6) is 11.5 Å². The second kappa shape index (κ2) is 9.90. The van der Waals surface area contributed by atoms with Crippen molar-refractivity contribution in [1.29, 1.82) is 0 Å². The zero-order valence-corrected chi connectivity index (χ0v) is 14.4. The molecule has 0 amide bonds.